The second-order valence-electron chi connectivity index (χ2n) is 8.15. The summed E-state index contributed by atoms with van der Waals surface area (Å²) in [6.45, 7) is 3.85. The van der Waals surface area contributed by atoms with Crippen molar-refractivity contribution in [1.29, 1.82) is 0 Å². The minimum absolute atomic E-state index is 0.141. The molecule has 5 rings (SSSR count). The smallest absolute Gasteiger partial charge is 0.128 e. The van der Waals surface area contributed by atoms with Gasteiger partial charge in [-0.15, -0.1) is 0 Å². The number of benzene rings is 1. The predicted molar refractivity (Wildman–Crippen MR) is 122 cm³/mol. The summed E-state index contributed by atoms with van der Waals surface area (Å²) >= 11 is 0. The number of piperazine rings is 1. The Morgan fingerprint density at radius 1 is 1.00 bits per heavy atom. The minimum atomic E-state index is -0.323. The number of anilines is 1. The van der Waals surface area contributed by atoms with Crippen LogP contribution in [0.5, 0.6) is 5.75 Å². The number of nitrogens with one attached hydrogen (secondary N) is 1. The van der Waals surface area contributed by atoms with Crippen LogP contribution in [0.3, 0.4) is 0 Å². The Labute approximate surface area is 185 Å². The van der Waals surface area contributed by atoms with Crippen LogP contribution >= 0.6 is 0 Å². The number of aromatic nitrogens is 4. The first kappa shape index (κ1) is 20.3. The number of nitrogens with zero attached hydrogens (tertiary/aromatic N) is 5. The number of aromatic hydroxyl groups is 1. The summed E-state index contributed by atoms with van der Waals surface area (Å²) < 4.78 is 15.3. The number of H-pyrrole nitrogens is 1. The van der Waals surface area contributed by atoms with E-state index in [0.717, 1.165) is 54.4 Å². The van der Waals surface area contributed by atoms with E-state index in [9.17, 15) is 9.50 Å². The molecule has 0 spiro atoms. The van der Waals surface area contributed by atoms with Crippen molar-refractivity contribution >= 4 is 5.82 Å². The van der Waals surface area contributed by atoms with E-state index in [4.69, 9.17) is 0 Å². The topological polar surface area (TPSA) is 73.2 Å². The molecule has 0 saturated carbocycles. The van der Waals surface area contributed by atoms with Gasteiger partial charge in [0.05, 0.1) is 6.20 Å². The molecule has 164 valence electrons. The zero-order chi connectivity index (χ0) is 22.1. The molecule has 4 heterocycles. The van der Waals surface area contributed by atoms with Crippen LogP contribution in [0.4, 0.5) is 10.2 Å². The van der Waals surface area contributed by atoms with Gasteiger partial charge < -0.3 is 15.0 Å². The number of phenolic OH excluding ortho intramolecular Hbond substituents is 1. The lowest BCUT2D eigenvalue weighted by atomic mass is 10.1. The Kier molecular flexibility index (Phi) is 5.36. The molecule has 32 heavy (non-hydrogen) atoms. The third kappa shape index (κ3) is 4.22. The first-order chi connectivity index (χ1) is 15.5. The Hall–Kier alpha value is -3.65. The van der Waals surface area contributed by atoms with Gasteiger partial charge in [0, 0.05) is 86.3 Å². The van der Waals surface area contributed by atoms with Crippen molar-refractivity contribution in [3.05, 3.63) is 72.6 Å². The second kappa shape index (κ2) is 8.47. The number of halogens is 1. The summed E-state index contributed by atoms with van der Waals surface area (Å²) in [5, 5.41) is 14.2. The van der Waals surface area contributed by atoms with E-state index in [-0.39, 0.29) is 11.6 Å². The molecule has 0 amide bonds. The van der Waals surface area contributed by atoms with Gasteiger partial charge >= 0.3 is 0 Å². The van der Waals surface area contributed by atoms with Crippen molar-refractivity contribution in [2.24, 2.45) is 7.05 Å². The zero-order valence-corrected chi connectivity index (χ0v) is 17.9. The molecule has 2 N–H and O–H groups in total. The summed E-state index contributed by atoms with van der Waals surface area (Å²) in [6, 6.07) is 10.3. The molecule has 3 aromatic heterocycles. The highest BCUT2D eigenvalue weighted by atomic mass is 19.1. The van der Waals surface area contributed by atoms with Gasteiger partial charge in [-0.05, 0) is 36.4 Å². The molecule has 1 saturated heterocycles. The fraction of sp³-hybridized carbons (Fsp3) is 0.250. The van der Waals surface area contributed by atoms with E-state index < -0.39 is 0 Å². The number of rotatable bonds is 5. The molecule has 0 unspecified atom stereocenters. The highest BCUT2D eigenvalue weighted by Crippen LogP contribution is 2.27. The van der Waals surface area contributed by atoms with Gasteiger partial charge in [0.25, 0.3) is 0 Å². The quantitative estimate of drug-likeness (QED) is 0.504. The van der Waals surface area contributed by atoms with E-state index in [1.54, 1.807) is 4.68 Å². The third-order valence-electron chi connectivity index (χ3n) is 5.91. The molecule has 0 bridgehead atoms. The molecular formula is C24H25FN6O. The fourth-order valence-electron chi connectivity index (χ4n) is 4.09. The maximum absolute atomic E-state index is 13.5. The first-order valence-electron chi connectivity index (χ1n) is 10.6. The predicted octanol–water partition coefficient (Wildman–Crippen LogP) is 3.64. The monoisotopic (exact) mass is 432 g/mol. The summed E-state index contributed by atoms with van der Waals surface area (Å²) in [5.74, 6) is 0.767. The largest absolute Gasteiger partial charge is 0.508 e. The number of hydrogen-bond acceptors (Lipinski definition) is 5. The van der Waals surface area contributed by atoms with Gasteiger partial charge in [-0.2, -0.15) is 5.10 Å². The SMILES string of the molecule is Cn1cc(-c2cc(-c3ccc(N4CCN(Cc5cc(F)ccc5O)CC4)nc3)c[nH]2)cn1. The van der Waals surface area contributed by atoms with Gasteiger partial charge in [0.15, 0.2) is 0 Å². The average Bonchev–Trinajstić information content (AvgIpc) is 3.46. The highest BCUT2D eigenvalue weighted by Gasteiger charge is 2.19. The molecule has 0 aliphatic carbocycles. The summed E-state index contributed by atoms with van der Waals surface area (Å²) in [5.41, 5.74) is 4.84. The first-order valence-corrected chi connectivity index (χ1v) is 10.6. The highest BCUT2D eigenvalue weighted by molar-refractivity contribution is 5.71. The van der Waals surface area contributed by atoms with Crippen molar-refractivity contribution < 1.29 is 9.50 Å². The van der Waals surface area contributed by atoms with Crippen LogP contribution in [0.2, 0.25) is 0 Å². The van der Waals surface area contributed by atoms with Crippen LogP contribution in [-0.4, -0.2) is 55.9 Å². The van der Waals surface area contributed by atoms with Crippen LogP contribution < -0.4 is 4.90 Å². The van der Waals surface area contributed by atoms with Gasteiger partial charge in [-0.25, -0.2) is 9.37 Å². The minimum Gasteiger partial charge on any atom is -0.508 e. The van der Waals surface area contributed by atoms with E-state index in [0.29, 0.717) is 12.1 Å². The average molecular weight is 433 g/mol. The standard InChI is InChI=1S/C24H25FN6O/c1-29-15-20(14-28-29)22-11-18(13-26-22)17-2-5-24(27-12-17)31-8-6-30(7-9-31)16-19-10-21(25)3-4-23(19)32/h2-5,10-15,26,32H,6-9,16H2,1H3. The summed E-state index contributed by atoms with van der Waals surface area (Å²) in [4.78, 5) is 12.5. The van der Waals surface area contributed by atoms with Crippen LogP contribution in [0.25, 0.3) is 22.4 Å². The Morgan fingerprint density at radius 3 is 2.56 bits per heavy atom. The molecule has 4 aromatic rings. The molecule has 0 atom stereocenters. The molecule has 1 aliphatic heterocycles. The third-order valence-corrected chi connectivity index (χ3v) is 5.91. The van der Waals surface area contributed by atoms with Crippen LogP contribution in [0.1, 0.15) is 5.56 Å². The van der Waals surface area contributed by atoms with Crippen molar-refractivity contribution in [1.82, 2.24) is 24.6 Å². The van der Waals surface area contributed by atoms with Crippen molar-refractivity contribution in [2.45, 2.75) is 6.54 Å². The van der Waals surface area contributed by atoms with Crippen LogP contribution in [-0.2, 0) is 13.6 Å². The van der Waals surface area contributed by atoms with Gasteiger partial charge in [0.2, 0.25) is 0 Å². The zero-order valence-electron chi connectivity index (χ0n) is 17.9. The van der Waals surface area contributed by atoms with Crippen molar-refractivity contribution in [3.63, 3.8) is 0 Å². The number of aryl methyl sites for hydroxylation is 1. The Bertz CT molecular complexity index is 1210. The lowest BCUT2D eigenvalue weighted by molar-refractivity contribution is 0.246. The number of aromatic amines is 1. The number of pyridine rings is 1. The molecule has 0 radical (unpaired) electrons. The van der Waals surface area contributed by atoms with Crippen molar-refractivity contribution in [2.75, 3.05) is 31.1 Å². The maximum atomic E-state index is 13.5. The molecule has 7 nitrogen and oxygen atoms in total. The van der Waals surface area contributed by atoms with Gasteiger partial charge in [0.1, 0.15) is 17.4 Å². The second-order valence-corrected chi connectivity index (χ2v) is 8.15. The van der Waals surface area contributed by atoms with Gasteiger partial charge in [-0.3, -0.25) is 9.58 Å². The van der Waals surface area contributed by atoms with Crippen LogP contribution in [0.15, 0.2) is 61.2 Å². The lowest BCUT2D eigenvalue weighted by Gasteiger charge is -2.35. The van der Waals surface area contributed by atoms with Crippen molar-refractivity contribution in [3.8, 4) is 28.1 Å². The molecule has 1 aromatic carbocycles. The number of phenols is 1. The van der Waals surface area contributed by atoms with Crippen LogP contribution in [0, 0.1) is 5.82 Å². The molecule has 8 heteroatoms. The molecular weight excluding hydrogens is 407 g/mol. The van der Waals surface area contributed by atoms with E-state index in [1.165, 1.54) is 18.2 Å². The van der Waals surface area contributed by atoms with E-state index >= 15 is 0 Å². The Balaban J connectivity index is 1.21. The van der Waals surface area contributed by atoms with E-state index in [2.05, 4.69) is 43.1 Å². The maximum Gasteiger partial charge on any atom is 0.128 e. The summed E-state index contributed by atoms with van der Waals surface area (Å²) in [6.07, 6.45) is 7.71. The summed E-state index contributed by atoms with van der Waals surface area (Å²) in [7, 11) is 1.90. The number of hydrogen-bond donors (Lipinski definition) is 2. The molecule has 1 aliphatic rings. The van der Waals surface area contributed by atoms with Gasteiger partial charge in [-0.1, -0.05) is 0 Å². The lowest BCUT2D eigenvalue weighted by Crippen LogP contribution is -2.46. The molecule has 1 fully saturated rings. The fourth-order valence-corrected chi connectivity index (χ4v) is 4.09. The Morgan fingerprint density at radius 2 is 1.84 bits per heavy atom. The van der Waals surface area contributed by atoms with E-state index in [1.807, 2.05) is 31.8 Å². The normalized spacial score (nSPS) is 14.8.